The van der Waals surface area contributed by atoms with Gasteiger partial charge in [0.25, 0.3) is 0 Å². The first-order chi connectivity index (χ1) is 12.4. The fourth-order valence-corrected chi connectivity index (χ4v) is 3.85. The zero-order valence-corrected chi connectivity index (χ0v) is 20.7. The van der Waals surface area contributed by atoms with Crippen LogP contribution in [-0.4, -0.2) is 105 Å². The predicted molar refractivity (Wildman–Crippen MR) is 72.4 cm³/mol. The molecule has 0 heterocycles. The fourth-order valence-electron chi connectivity index (χ4n) is 0.427. The molecule has 0 aliphatic rings. The van der Waals surface area contributed by atoms with Crippen molar-refractivity contribution in [2.45, 2.75) is 22.0 Å². The Morgan fingerprint density at radius 1 is 0.355 bits per heavy atom. The van der Waals surface area contributed by atoms with Crippen molar-refractivity contribution < 1.29 is 86.4 Å². The molecule has 0 radical (unpaired) electrons. The van der Waals surface area contributed by atoms with Crippen molar-refractivity contribution in [1.29, 1.82) is 0 Å². The van der Waals surface area contributed by atoms with Crippen LogP contribution in [0.5, 0.6) is 0 Å². The maximum atomic E-state index is 11.4. The average molecular weight is 698 g/mol. The molecule has 0 aliphatic heterocycles. The Labute approximate surface area is 204 Å². The molecular weight excluding hydrogens is 698 g/mol. The van der Waals surface area contributed by atoms with E-state index in [9.17, 15) is 86.4 Å². The van der Waals surface area contributed by atoms with Gasteiger partial charge in [-0.2, -0.15) is 52.7 Å². The van der Waals surface area contributed by atoms with Gasteiger partial charge in [-0.05, 0) is 0 Å². The third-order valence-electron chi connectivity index (χ3n) is 1.56. The van der Waals surface area contributed by atoms with Gasteiger partial charge in [-0.3, -0.25) is 0 Å². The normalized spacial score (nSPS) is 14.8. The molecule has 0 aromatic heterocycles. The molecule has 0 amide bonds. The molecule has 0 spiro atoms. The second kappa shape index (κ2) is 10.4. The van der Waals surface area contributed by atoms with E-state index in [2.05, 4.69) is 0 Å². The van der Waals surface area contributed by atoms with E-state index in [1.54, 1.807) is 0 Å². The molecule has 0 saturated carbocycles. The molecule has 0 bridgehead atoms. The summed E-state index contributed by atoms with van der Waals surface area (Å²) < 4.78 is 218. The maximum absolute atomic E-state index is 11.4. The number of halogens is 12. The first-order valence-corrected chi connectivity index (χ1v) is 10.9. The summed E-state index contributed by atoms with van der Waals surface area (Å²) >= 11 is 0. The molecule has 0 saturated heterocycles. The van der Waals surface area contributed by atoms with E-state index >= 15 is 0 Å². The molecule has 0 unspecified atom stereocenters. The van der Waals surface area contributed by atoms with Crippen molar-refractivity contribution in [2.24, 2.45) is 0 Å². The van der Waals surface area contributed by atoms with Crippen LogP contribution in [0.2, 0.25) is 0 Å². The molecule has 184 valence electrons. The van der Waals surface area contributed by atoms with Crippen molar-refractivity contribution in [2.75, 3.05) is 0 Å². The molecule has 0 aromatic rings. The van der Waals surface area contributed by atoms with Gasteiger partial charge in [0.2, 0.25) is 0 Å². The zero-order valence-electron chi connectivity index (χ0n) is 13.0. The molecule has 27 heteroatoms. The summed E-state index contributed by atoms with van der Waals surface area (Å²) in [6.45, 7) is 0. The standard InChI is InChI=1S/2C2F6NO4S2.Ba/c2*3-1(4,5)14(10,11)9-15(12,13)2(6,7)8;/q2*-1;+2. The molecular formula is C4BaF12N2O8S4. The van der Waals surface area contributed by atoms with Gasteiger partial charge in [0.05, 0.1) is 0 Å². The molecule has 0 aliphatic carbocycles. The van der Waals surface area contributed by atoms with Gasteiger partial charge in [0.15, 0.2) is 40.1 Å². The van der Waals surface area contributed by atoms with Crippen LogP contribution in [0, 0.1) is 0 Å². The van der Waals surface area contributed by atoms with Gasteiger partial charge >= 0.3 is 70.9 Å². The monoisotopic (exact) mass is 698 g/mol. The topological polar surface area (TPSA) is 165 Å². The Kier molecular flexibility index (Phi) is 12.1. The van der Waals surface area contributed by atoms with Crippen LogP contribution >= 0.6 is 0 Å². The van der Waals surface area contributed by atoms with Gasteiger partial charge in [-0.25, -0.2) is 33.7 Å². The van der Waals surface area contributed by atoms with E-state index in [1.165, 1.54) is 0 Å². The van der Waals surface area contributed by atoms with Crippen LogP contribution < -0.4 is 0 Å². The summed E-state index contributed by atoms with van der Waals surface area (Å²) in [7, 11) is -26.9. The minimum Gasteiger partial charge on any atom is -0.421 e. The molecule has 31 heavy (non-hydrogen) atoms. The van der Waals surface area contributed by atoms with E-state index in [-0.39, 0.29) is 48.9 Å². The third kappa shape index (κ3) is 10.5. The number of hydrogen-bond acceptors (Lipinski definition) is 8. The second-order valence-electron chi connectivity index (χ2n) is 3.83. The van der Waals surface area contributed by atoms with Crippen LogP contribution in [0.3, 0.4) is 0 Å². The molecule has 0 fully saturated rings. The van der Waals surface area contributed by atoms with Gasteiger partial charge in [0.1, 0.15) is 0 Å². The Morgan fingerprint density at radius 3 is 0.516 bits per heavy atom. The van der Waals surface area contributed by atoms with Gasteiger partial charge in [-0.15, -0.1) is 0 Å². The van der Waals surface area contributed by atoms with Gasteiger partial charge < -0.3 is 8.25 Å². The van der Waals surface area contributed by atoms with E-state index < -0.39 is 62.1 Å². The van der Waals surface area contributed by atoms with E-state index in [0.29, 0.717) is 0 Å². The van der Waals surface area contributed by atoms with Crippen LogP contribution in [0.15, 0.2) is 0 Å². The predicted octanol–water partition coefficient (Wildman–Crippen LogP) is 1.74. The third-order valence-corrected chi connectivity index (χ3v) is 7.04. The van der Waals surface area contributed by atoms with Crippen LogP contribution in [-0.2, 0) is 40.1 Å². The molecule has 10 nitrogen and oxygen atoms in total. The minimum atomic E-state index is -6.72. The van der Waals surface area contributed by atoms with E-state index in [4.69, 9.17) is 0 Å². The summed E-state index contributed by atoms with van der Waals surface area (Å²) in [5.41, 5.74) is -24.8. The summed E-state index contributed by atoms with van der Waals surface area (Å²) in [5, 5.41) is 0. The number of alkyl halides is 12. The van der Waals surface area contributed by atoms with Crippen LogP contribution in [0.1, 0.15) is 0 Å². The van der Waals surface area contributed by atoms with E-state index in [0.717, 1.165) is 8.25 Å². The average Bonchev–Trinajstić information content (AvgIpc) is 2.30. The van der Waals surface area contributed by atoms with Crippen molar-refractivity contribution in [1.82, 2.24) is 0 Å². The number of hydrogen-bond donors (Lipinski definition) is 0. The number of rotatable bonds is 4. The molecule has 0 atom stereocenters. The molecule has 0 N–H and O–H groups in total. The quantitative estimate of drug-likeness (QED) is 0.317. The first kappa shape index (κ1) is 36.0. The Morgan fingerprint density at radius 2 is 0.452 bits per heavy atom. The summed E-state index contributed by atoms with van der Waals surface area (Å²) in [6.07, 6.45) is 0. The van der Waals surface area contributed by atoms with Crippen molar-refractivity contribution in [3.8, 4) is 0 Å². The van der Waals surface area contributed by atoms with Crippen LogP contribution in [0.25, 0.3) is 8.25 Å². The largest absolute Gasteiger partial charge is 2.00 e. The first-order valence-electron chi connectivity index (χ1n) is 5.15. The molecule has 0 rings (SSSR count). The van der Waals surface area contributed by atoms with Gasteiger partial charge in [-0.1, -0.05) is 0 Å². The maximum Gasteiger partial charge on any atom is 2.00 e. The Bertz CT molecular complexity index is 862. The second-order valence-corrected chi connectivity index (χ2v) is 10.7. The van der Waals surface area contributed by atoms with Crippen molar-refractivity contribution in [3.63, 3.8) is 0 Å². The summed E-state index contributed by atoms with van der Waals surface area (Å²) in [4.78, 5) is 0. The summed E-state index contributed by atoms with van der Waals surface area (Å²) in [6, 6.07) is 0. The number of sulfonamides is 4. The van der Waals surface area contributed by atoms with E-state index in [1.807, 2.05) is 0 Å². The smallest absolute Gasteiger partial charge is 0.421 e. The Hall–Kier alpha value is 0.451. The molecule has 0 aromatic carbocycles. The SMILES string of the molecule is O=S(=O)([N-]S(=O)(=O)C(F)(F)F)C(F)(F)F.O=S(=O)([N-]S(=O)(=O)C(F)(F)F)C(F)(F)F.[Ba+2]. The van der Waals surface area contributed by atoms with Gasteiger partial charge in [0, 0.05) is 0 Å². The Balaban J connectivity index is -0.000000490. The van der Waals surface area contributed by atoms with Crippen molar-refractivity contribution in [3.05, 3.63) is 8.25 Å². The van der Waals surface area contributed by atoms with Crippen molar-refractivity contribution >= 4 is 89.0 Å². The zero-order chi connectivity index (χ0) is 25.4. The van der Waals surface area contributed by atoms with Crippen LogP contribution in [0.4, 0.5) is 52.7 Å². The fraction of sp³-hybridized carbons (Fsp3) is 1.00. The number of nitrogens with zero attached hydrogens (tertiary/aromatic N) is 2. The minimum absolute atomic E-state index is 0. The summed E-state index contributed by atoms with van der Waals surface area (Å²) in [5.74, 6) is 0.